The molecule has 4 nitrogen and oxygen atoms in total. The Labute approximate surface area is 123 Å². The van der Waals surface area contributed by atoms with Gasteiger partial charge >= 0.3 is 0 Å². The van der Waals surface area contributed by atoms with E-state index < -0.39 is 5.54 Å². The largest absolute Gasteiger partial charge is 0.339 e. The van der Waals surface area contributed by atoms with Crippen LogP contribution in [0.5, 0.6) is 0 Å². The maximum absolute atomic E-state index is 13.2. The van der Waals surface area contributed by atoms with Gasteiger partial charge in [0, 0.05) is 0 Å². The molecule has 1 aliphatic rings. The van der Waals surface area contributed by atoms with Gasteiger partial charge in [0.2, 0.25) is 5.89 Å². The van der Waals surface area contributed by atoms with Gasteiger partial charge in [-0.1, -0.05) is 43.0 Å². The summed E-state index contributed by atoms with van der Waals surface area (Å²) in [5.74, 6) is 0.826. The monoisotopic (exact) mass is 289 g/mol. The molecule has 112 valence electrons. The van der Waals surface area contributed by atoms with E-state index in [1.54, 1.807) is 6.07 Å². The average Bonchev–Trinajstić information content (AvgIpc) is 2.81. The smallest absolute Gasteiger partial charge is 0.231 e. The SMILES string of the molecule is NC1(c2noc(Cc3cccc(F)c3)n2)CCCCCC1. The van der Waals surface area contributed by atoms with Crippen LogP contribution in [0.1, 0.15) is 55.8 Å². The number of hydrogen-bond acceptors (Lipinski definition) is 4. The molecule has 0 radical (unpaired) electrons. The van der Waals surface area contributed by atoms with Crippen LogP contribution in [-0.2, 0) is 12.0 Å². The van der Waals surface area contributed by atoms with Crippen LogP contribution in [0.3, 0.4) is 0 Å². The Kier molecular flexibility index (Phi) is 4.01. The first-order valence-corrected chi connectivity index (χ1v) is 7.52. The van der Waals surface area contributed by atoms with Crippen LogP contribution in [0.25, 0.3) is 0 Å². The lowest BCUT2D eigenvalue weighted by Gasteiger charge is -2.23. The highest BCUT2D eigenvalue weighted by atomic mass is 19.1. The van der Waals surface area contributed by atoms with Crippen molar-refractivity contribution in [3.05, 3.63) is 47.4 Å². The van der Waals surface area contributed by atoms with Gasteiger partial charge in [0.25, 0.3) is 0 Å². The van der Waals surface area contributed by atoms with Gasteiger partial charge in [-0.25, -0.2) is 4.39 Å². The summed E-state index contributed by atoms with van der Waals surface area (Å²) in [7, 11) is 0. The minimum atomic E-state index is -0.472. The maximum Gasteiger partial charge on any atom is 0.231 e. The standard InChI is InChI=1S/C16H20FN3O/c17-13-7-5-6-12(10-13)11-14-19-15(20-21-14)16(18)8-3-1-2-4-9-16/h5-7,10H,1-4,8-9,11,18H2. The number of nitrogens with zero attached hydrogens (tertiary/aromatic N) is 2. The lowest BCUT2D eigenvalue weighted by Crippen LogP contribution is -2.37. The number of hydrogen-bond donors (Lipinski definition) is 1. The molecule has 21 heavy (non-hydrogen) atoms. The topological polar surface area (TPSA) is 64.9 Å². The molecule has 0 aliphatic heterocycles. The van der Waals surface area contributed by atoms with Crippen molar-refractivity contribution < 1.29 is 8.91 Å². The Bertz CT molecular complexity index is 603. The average molecular weight is 289 g/mol. The van der Waals surface area contributed by atoms with Crippen molar-refractivity contribution in [2.24, 2.45) is 5.73 Å². The molecule has 1 fully saturated rings. The fourth-order valence-corrected chi connectivity index (χ4v) is 2.93. The van der Waals surface area contributed by atoms with E-state index in [1.807, 2.05) is 6.07 Å². The Hall–Kier alpha value is -1.75. The van der Waals surface area contributed by atoms with Gasteiger partial charge < -0.3 is 10.3 Å². The lowest BCUT2D eigenvalue weighted by molar-refractivity contribution is 0.326. The van der Waals surface area contributed by atoms with Crippen LogP contribution < -0.4 is 5.73 Å². The van der Waals surface area contributed by atoms with E-state index in [9.17, 15) is 4.39 Å². The van der Waals surface area contributed by atoms with Gasteiger partial charge in [0.05, 0.1) is 12.0 Å². The summed E-state index contributed by atoms with van der Waals surface area (Å²) in [6.07, 6.45) is 6.85. The molecule has 2 aromatic rings. The second-order valence-corrected chi connectivity index (χ2v) is 5.89. The molecule has 1 aromatic heterocycles. The molecule has 0 amide bonds. The van der Waals surface area contributed by atoms with Crippen molar-refractivity contribution in [2.45, 2.75) is 50.5 Å². The van der Waals surface area contributed by atoms with Crippen molar-refractivity contribution in [1.29, 1.82) is 0 Å². The summed E-state index contributed by atoms with van der Waals surface area (Å²) in [6.45, 7) is 0. The quantitative estimate of drug-likeness (QED) is 0.880. The number of benzene rings is 1. The third-order valence-electron chi connectivity index (χ3n) is 4.15. The van der Waals surface area contributed by atoms with Crippen molar-refractivity contribution in [3.63, 3.8) is 0 Å². The van der Waals surface area contributed by atoms with Crippen molar-refractivity contribution in [3.8, 4) is 0 Å². The number of nitrogens with two attached hydrogens (primary N) is 1. The molecule has 0 saturated heterocycles. The molecule has 1 aromatic carbocycles. The van der Waals surface area contributed by atoms with E-state index in [4.69, 9.17) is 10.3 Å². The van der Waals surface area contributed by atoms with Gasteiger partial charge in [0.1, 0.15) is 5.82 Å². The summed E-state index contributed by atoms with van der Waals surface area (Å²) in [5.41, 5.74) is 6.81. The normalized spacial score (nSPS) is 18.4. The number of halogens is 1. The summed E-state index contributed by atoms with van der Waals surface area (Å²) in [5, 5.41) is 4.07. The van der Waals surface area contributed by atoms with Crippen LogP contribution in [0.15, 0.2) is 28.8 Å². The molecule has 1 heterocycles. The molecule has 2 N–H and O–H groups in total. The molecular formula is C16H20FN3O. The van der Waals surface area contributed by atoms with Gasteiger partial charge in [0.15, 0.2) is 5.82 Å². The summed E-state index contributed by atoms with van der Waals surface area (Å²) in [6, 6.07) is 6.42. The molecule has 1 saturated carbocycles. The number of aromatic nitrogens is 2. The van der Waals surface area contributed by atoms with Gasteiger partial charge in [-0.2, -0.15) is 4.98 Å². The molecule has 0 unspecified atom stereocenters. The van der Waals surface area contributed by atoms with E-state index >= 15 is 0 Å². The summed E-state index contributed by atoms with van der Waals surface area (Å²) < 4.78 is 18.5. The van der Waals surface area contributed by atoms with E-state index in [0.29, 0.717) is 18.1 Å². The van der Waals surface area contributed by atoms with Crippen LogP contribution in [-0.4, -0.2) is 10.1 Å². The van der Waals surface area contributed by atoms with Gasteiger partial charge in [-0.3, -0.25) is 0 Å². The minimum absolute atomic E-state index is 0.258. The zero-order valence-electron chi connectivity index (χ0n) is 12.0. The highest BCUT2D eigenvalue weighted by molar-refractivity contribution is 5.19. The highest BCUT2D eigenvalue weighted by Crippen LogP contribution is 2.32. The second-order valence-electron chi connectivity index (χ2n) is 5.89. The Morgan fingerprint density at radius 3 is 2.67 bits per heavy atom. The van der Waals surface area contributed by atoms with Crippen molar-refractivity contribution >= 4 is 0 Å². The molecule has 0 bridgehead atoms. The fraction of sp³-hybridized carbons (Fsp3) is 0.500. The highest BCUT2D eigenvalue weighted by Gasteiger charge is 2.33. The minimum Gasteiger partial charge on any atom is -0.339 e. The third-order valence-corrected chi connectivity index (χ3v) is 4.15. The van der Waals surface area contributed by atoms with E-state index in [-0.39, 0.29) is 5.82 Å². The second kappa shape index (κ2) is 5.93. The molecule has 5 heteroatoms. The number of rotatable bonds is 3. The first-order chi connectivity index (χ1) is 10.2. The molecule has 0 atom stereocenters. The van der Waals surface area contributed by atoms with Gasteiger partial charge in [-0.15, -0.1) is 0 Å². The van der Waals surface area contributed by atoms with Crippen molar-refractivity contribution in [1.82, 2.24) is 10.1 Å². The lowest BCUT2D eigenvalue weighted by atomic mass is 9.91. The van der Waals surface area contributed by atoms with Crippen LogP contribution >= 0.6 is 0 Å². The Morgan fingerprint density at radius 2 is 1.95 bits per heavy atom. The molecule has 0 spiro atoms. The predicted octanol–water partition coefficient (Wildman–Crippen LogP) is 3.31. The predicted molar refractivity (Wildman–Crippen MR) is 77.1 cm³/mol. The molecule has 3 rings (SSSR count). The van der Waals surface area contributed by atoms with E-state index in [2.05, 4.69) is 10.1 Å². The van der Waals surface area contributed by atoms with Crippen molar-refractivity contribution in [2.75, 3.05) is 0 Å². The van der Waals surface area contributed by atoms with Crippen LogP contribution in [0, 0.1) is 5.82 Å². The zero-order valence-corrected chi connectivity index (χ0v) is 12.0. The maximum atomic E-state index is 13.2. The zero-order chi connectivity index (χ0) is 14.7. The first kappa shape index (κ1) is 14.2. The Morgan fingerprint density at radius 1 is 1.19 bits per heavy atom. The third kappa shape index (κ3) is 3.29. The van der Waals surface area contributed by atoms with Crippen LogP contribution in [0.2, 0.25) is 0 Å². The van der Waals surface area contributed by atoms with E-state index in [1.165, 1.54) is 25.0 Å². The van der Waals surface area contributed by atoms with Gasteiger partial charge in [-0.05, 0) is 30.5 Å². The fourth-order valence-electron chi connectivity index (χ4n) is 2.93. The molecule has 1 aliphatic carbocycles. The first-order valence-electron chi connectivity index (χ1n) is 7.52. The van der Waals surface area contributed by atoms with E-state index in [0.717, 1.165) is 31.2 Å². The molecular weight excluding hydrogens is 269 g/mol. The Balaban J connectivity index is 1.76. The van der Waals surface area contributed by atoms with Crippen LogP contribution in [0.4, 0.5) is 4.39 Å². The summed E-state index contributed by atoms with van der Waals surface area (Å²) in [4.78, 5) is 4.45. The summed E-state index contributed by atoms with van der Waals surface area (Å²) >= 11 is 0.